The molecule has 32 heavy (non-hydrogen) atoms. The molecule has 3 aromatic rings. The maximum atomic E-state index is 13.4. The first-order valence-corrected chi connectivity index (χ1v) is 10.6. The maximum absolute atomic E-state index is 13.4. The molecule has 8 heteroatoms. The number of hydrogen-bond acceptors (Lipinski definition) is 5. The number of rotatable bonds is 5. The number of nitrogens with one attached hydrogen (secondary N) is 2. The number of nitrogens with zero attached hydrogens (tertiary/aromatic N) is 3. The van der Waals surface area contributed by atoms with Crippen LogP contribution in [0.2, 0.25) is 0 Å². The second kappa shape index (κ2) is 9.05. The highest BCUT2D eigenvalue weighted by atomic mass is 16.4. The van der Waals surface area contributed by atoms with Crippen LogP contribution in [0, 0.1) is 6.92 Å². The number of anilines is 2. The van der Waals surface area contributed by atoms with E-state index in [1.54, 1.807) is 29.2 Å². The van der Waals surface area contributed by atoms with Gasteiger partial charge in [0.05, 0.1) is 11.4 Å². The SMILES string of the molecule is CCCC(=NO)C(=O)Nc1ccc(C(=O)N2CCc3[nH]c(C)nc3-c3ccccc32)cc1. The van der Waals surface area contributed by atoms with Crippen LogP contribution in [-0.4, -0.2) is 39.2 Å². The van der Waals surface area contributed by atoms with Gasteiger partial charge < -0.3 is 20.4 Å². The van der Waals surface area contributed by atoms with Crippen molar-refractivity contribution in [3.63, 3.8) is 0 Å². The minimum absolute atomic E-state index is 0.0703. The third kappa shape index (κ3) is 4.12. The number of hydrogen-bond donors (Lipinski definition) is 3. The van der Waals surface area contributed by atoms with Crippen LogP contribution in [0.25, 0.3) is 11.3 Å². The summed E-state index contributed by atoms with van der Waals surface area (Å²) < 4.78 is 0. The molecule has 4 rings (SSSR count). The molecule has 2 heterocycles. The van der Waals surface area contributed by atoms with Gasteiger partial charge in [-0.3, -0.25) is 9.59 Å². The zero-order valence-corrected chi connectivity index (χ0v) is 18.1. The maximum Gasteiger partial charge on any atom is 0.273 e. The summed E-state index contributed by atoms with van der Waals surface area (Å²) in [4.78, 5) is 35.3. The molecular weight excluding hydrogens is 406 g/mol. The Morgan fingerprint density at radius 1 is 1.19 bits per heavy atom. The minimum Gasteiger partial charge on any atom is -0.410 e. The van der Waals surface area contributed by atoms with Gasteiger partial charge >= 0.3 is 0 Å². The molecule has 1 aliphatic heterocycles. The summed E-state index contributed by atoms with van der Waals surface area (Å²) in [6.07, 6.45) is 1.74. The number of amides is 2. The number of carbonyl (C=O) groups excluding carboxylic acids is 2. The summed E-state index contributed by atoms with van der Waals surface area (Å²) in [7, 11) is 0. The van der Waals surface area contributed by atoms with Gasteiger partial charge in [0.15, 0.2) is 0 Å². The Morgan fingerprint density at radius 3 is 2.66 bits per heavy atom. The first-order chi connectivity index (χ1) is 15.5. The predicted molar refractivity (Wildman–Crippen MR) is 123 cm³/mol. The van der Waals surface area contributed by atoms with Gasteiger partial charge in [-0.25, -0.2) is 4.98 Å². The zero-order valence-electron chi connectivity index (χ0n) is 18.1. The highest BCUT2D eigenvalue weighted by molar-refractivity contribution is 6.42. The van der Waals surface area contributed by atoms with E-state index in [9.17, 15) is 9.59 Å². The van der Waals surface area contributed by atoms with Crippen LogP contribution in [0.3, 0.4) is 0 Å². The van der Waals surface area contributed by atoms with Crippen LogP contribution < -0.4 is 10.2 Å². The van der Waals surface area contributed by atoms with E-state index in [-0.39, 0.29) is 11.6 Å². The van der Waals surface area contributed by atoms with Crippen LogP contribution >= 0.6 is 0 Å². The van der Waals surface area contributed by atoms with Crippen molar-refractivity contribution < 1.29 is 14.8 Å². The molecule has 0 bridgehead atoms. The second-order valence-corrected chi connectivity index (χ2v) is 7.70. The van der Waals surface area contributed by atoms with Crippen LogP contribution in [0.1, 0.15) is 41.6 Å². The summed E-state index contributed by atoms with van der Waals surface area (Å²) in [5.41, 5.74) is 4.76. The van der Waals surface area contributed by atoms with Gasteiger partial charge in [-0.05, 0) is 43.7 Å². The lowest BCUT2D eigenvalue weighted by molar-refractivity contribution is -0.110. The third-order valence-corrected chi connectivity index (χ3v) is 5.44. The van der Waals surface area contributed by atoms with E-state index >= 15 is 0 Å². The molecule has 0 radical (unpaired) electrons. The van der Waals surface area contributed by atoms with Crippen LogP contribution in [0.4, 0.5) is 11.4 Å². The van der Waals surface area contributed by atoms with Crippen LogP contribution in [0.5, 0.6) is 0 Å². The number of fused-ring (bicyclic) bond motifs is 3. The molecule has 164 valence electrons. The number of para-hydroxylation sites is 1. The average molecular weight is 431 g/mol. The lowest BCUT2D eigenvalue weighted by Crippen LogP contribution is -2.32. The zero-order chi connectivity index (χ0) is 22.7. The largest absolute Gasteiger partial charge is 0.410 e. The Hall–Kier alpha value is -3.94. The second-order valence-electron chi connectivity index (χ2n) is 7.70. The molecule has 0 fully saturated rings. The fourth-order valence-electron chi connectivity index (χ4n) is 3.91. The number of imidazole rings is 1. The van der Waals surface area contributed by atoms with Crippen molar-refractivity contribution in [2.24, 2.45) is 5.16 Å². The van der Waals surface area contributed by atoms with Crippen molar-refractivity contribution >= 4 is 28.9 Å². The number of carbonyl (C=O) groups is 2. The van der Waals surface area contributed by atoms with Gasteiger partial charge in [-0.15, -0.1) is 0 Å². The summed E-state index contributed by atoms with van der Waals surface area (Å²) in [5, 5.41) is 14.8. The molecule has 1 aliphatic rings. The van der Waals surface area contributed by atoms with Crippen LogP contribution in [-0.2, 0) is 11.2 Å². The number of H-pyrrole nitrogens is 1. The topological polar surface area (TPSA) is 111 Å². The average Bonchev–Trinajstić information content (AvgIpc) is 3.11. The summed E-state index contributed by atoms with van der Waals surface area (Å²) in [6, 6.07) is 14.5. The van der Waals surface area contributed by atoms with Gasteiger partial charge in [0, 0.05) is 35.5 Å². The van der Waals surface area contributed by atoms with E-state index in [1.165, 1.54) is 0 Å². The smallest absolute Gasteiger partial charge is 0.273 e. The van der Waals surface area contributed by atoms with E-state index in [1.807, 2.05) is 38.1 Å². The quantitative estimate of drug-likeness (QED) is 0.320. The van der Waals surface area contributed by atoms with E-state index in [2.05, 4.69) is 20.4 Å². The molecule has 3 N–H and O–H groups in total. The van der Waals surface area contributed by atoms with Crippen molar-refractivity contribution in [2.75, 3.05) is 16.8 Å². The number of oxime groups is 1. The van der Waals surface area contributed by atoms with Crippen molar-refractivity contribution in [1.29, 1.82) is 0 Å². The van der Waals surface area contributed by atoms with Gasteiger partial charge in [0.25, 0.3) is 11.8 Å². The normalized spacial score (nSPS) is 13.2. The van der Waals surface area contributed by atoms with Gasteiger partial charge in [0.2, 0.25) is 0 Å². The number of benzene rings is 2. The number of aromatic nitrogens is 2. The van der Waals surface area contributed by atoms with Gasteiger partial charge in [0.1, 0.15) is 11.5 Å². The summed E-state index contributed by atoms with van der Waals surface area (Å²) in [5.74, 6) is 0.273. The molecule has 8 nitrogen and oxygen atoms in total. The Morgan fingerprint density at radius 2 is 1.94 bits per heavy atom. The van der Waals surface area contributed by atoms with Crippen molar-refractivity contribution in [3.8, 4) is 11.3 Å². The molecule has 2 amide bonds. The first-order valence-electron chi connectivity index (χ1n) is 10.6. The summed E-state index contributed by atoms with van der Waals surface area (Å²) in [6.45, 7) is 4.35. The van der Waals surface area contributed by atoms with E-state index in [0.29, 0.717) is 37.1 Å². The lowest BCUT2D eigenvalue weighted by Gasteiger charge is -2.23. The van der Waals surface area contributed by atoms with E-state index in [0.717, 1.165) is 28.5 Å². The number of aromatic amines is 1. The monoisotopic (exact) mass is 431 g/mol. The standard InChI is InChI=1S/C24H25N5O3/c1-3-6-20(28-32)23(30)27-17-11-9-16(10-12-17)24(31)29-14-13-19-22(26-15(2)25-19)18-7-4-5-8-21(18)29/h4-5,7-12,32H,3,6,13-14H2,1-2H3,(H,25,26)(H,27,30). The third-order valence-electron chi connectivity index (χ3n) is 5.44. The van der Waals surface area contributed by atoms with Crippen molar-refractivity contribution in [3.05, 3.63) is 65.6 Å². The highest BCUT2D eigenvalue weighted by Crippen LogP contribution is 2.35. The van der Waals surface area contributed by atoms with Crippen LogP contribution in [0.15, 0.2) is 53.7 Å². The molecular formula is C24H25N5O3. The lowest BCUT2D eigenvalue weighted by atomic mass is 10.1. The molecule has 0 aliphatic carbocycles. The molecule has 0 saturated carbocycles. The molecule has 1 aromatic heterocycles. The fraction of sp³-hybridized carbons (Fsp3) is 0.250. The minimum atomic E-state index is -0.459. The van der Waals surface area contributed by atoms with E-state index in [4.69, 9.17) is 5.21 Å². The van der Waals surface area contributed by atoms with Gasteiger partial charge in [-0.1, -0.05) is 36.7 Å². The van der Waals surface area contributed by atoms with Crippen molar-refractivity contribution in [1.82, 2.24) is 9.97 Å². The molecule has 0 saturated heterocycles. The van der Waals surface area contributed by atoms with Crippen molar-refractivity contribution in [2.45, 2.75) is 33.1 Å². The molecule has 2 aromatic carbocycles. The molecule has 0 atom stereocenters. The van der Waals surface area contributed by atoms with Gasteiger partial charge in [-0.2, -0.15) is 0 Å². The molecule has 0 spiro atoms. The Bertz CT molecular complexity index is 1180. The Kier molecular flexibility index (Phi) is 6.02. The number of aryl methyl sites for hydroxylation is 1. The van der Waals surface area contributed by atoms with E-state index < -0.39 is 5.91 Å². The highest BCUT2D eigenvalue weighted by Gasteiger charge is 2.26. The Balaban J connectivity index is 1.56. The fourth-order valence-corrected chi connectivity index (χ4v) is 3.91. The Labute approximate surface area is 186 Å². The molecule has 0 unspecified atom stereocenters. The summed E-state index contributed by atoms with van der Waals surface area (Å²) >= 11 is 0. The predicted octanol–water partition coefficient (Wildman–Crippen LogP) is 4.16. The first kappa shape index (κ1) is 21.3.